The van der Waals surface area contributed by atoms with Crippen LogP contribution in [0.4, 0.5) is 0 Å². The van der Waals surface area contributed by atoms with Gasteiger partial charge in [0, 0.05) is 6.08 Å². The van der Waals surface area contributed by atoms with Gasteiger partial charge in [0.15, 0.2) is 5.78 Å². The van der Waals surface area contributed by atoms with Crippen molar-refractivity contribution < 1.29 is 14.6 Å². The van der Waals surface area contributed by atoms with E-state index in [1.54, 1.807) is 6.08 Å². The molecular formula is C6H6O3. The van der Waals surface area contributed by atoms with E-state index in [1.807, 2.05) is 0 Å². The Morgan fingerprint density at radius 3 is 3.22 bits per heavy atom. The highest BCUT2D eigenvalue weighted by Crippen LogP contribution is 1.89. The van der Waals surface area contributed by atoms with E-state index in [0.717, 1.165) is 0 Å². The van der Waals surface area contributed by atoms with Gasteiger partial charge in [-0.3, -0.25) is 4.79 Å². The molecule has 9 heavy (non-hydrogen) atoms. The van der Waals surface area contributed by atoms with E-state index < -0.39 is 0 Å². The minimum atomic E-state index is -0.0849. The monoisotopic (exact) mass is 126 g/mol. The van der Waals surface area contributed by atoms with Crippen molar-refractivity contribution in [2.24, 2.45) is 0 Å². The molecule has 0 atom stereocenters. The van der Waals surface area contributed by atoms with Crippen LogP contribution in [-0.2, 0) is 14.6 Å². The van der Waals surface area contributed by atoms with Crippen LogP contribution < -0.4 is 0 Å². The summed E-state index contributed by atoms with van der Waals surface area (Å²) in [5.41, 5.74) is 0. The highest BCUT2D eigenvalue weighted by Gasteiger charge is 1.91. The minimum absolute atomic E-state index is 0.0849. The minimum Gasteiger partial charge on any atom is -0.345 e. The van der Waals surface area contributed by atoms with Gasteiger partial charge in [0.25, 0.3) is 0 Å². The van der Waals surface area contributed by atoms with E-state index in [2.05, 4.69) is 9.78 Å². The second-order valence-corrected chi connectivity index (χ2v) is 1.49. The van der Waals surface area contributed by atoms with E-state index in [9.17, 15) is 4.79 Å². The zero-order valence-corrected chi connectivity index (χ0v) is 4.74. The lowest BCUT2D eigenvalue weighted by Gasteiger charge is -1.96. The molecule has 1 heterocycles. The first kappa shape index (κ1) is 6.04. The van der Waals surface area contributed by atoms with Crippen molar-refractivity contribution in [1.82, 2.24) is 0 Å². The molecule has 48 valence electrons. The van der Waals surface area contributed by atoms with Crippen molar-refractivity contribution in [3.05, 3.63) is 24.5 Å². The highest BCUT2D eigenvalue weighted by atomic mass is 17.2. The van der Waals surface area contributed by atoms with Crippen molar-refractivity contribution in [3.63, 3.8) is 0 Å². The van der Waals surface area contributed by atoms with Gasteiger partial charge in [-0.2, -0.15) is 4.89 Å². The molecule has 0 spiro atoms. The molecule has 0 fully saturated rings. The van der Waals surface area contributed by atoms with E-state index in [-0.39, 0.29) is 5.78 Å². The van der Waals surface area contributed by atoms with Crippen LogP contribution in [0.1, 0.15) is 0 Å². The average molecular weight is 126 g/mol. The number of carbonyl (C=O) groups is 1. The summed E-state index contributed by atoms with van der Waals surface area (Å²) in [6, 6.07) is 0. The summed E-state index contributed by atoms with van der Waals surface area (Å²) in [5.74, 6) is -0.0849. The summed E-state index contributed by atoms with van der Waals surface area (Å²) in [6.45, 7) is 0.316. The summed E-state index contributed by atoms with van der Waals surface area (Å²) in [7, 11) is 0. The summed E-state index contributed by atoms with van der Waals surface area (Å²) < 4.78 is 0. The van der Waals surface area contributed by atoms with E-state index in [4.69, 9.17) is 0 Å². The van der Waals surface area contributed by atoms with Crippen LogP contribution in [0.2, 0.25) is 0 Å². The molecule has 0 aromatic carbocycles. The topological polar surface area (TPSA) is 35.5 Å². The number of allylic oxidation sites excluding steroid dienone is 2. The van der Waals surface area contributed by atoms with Crippen molar-refractivity contribution in [3.8, 4) is 0 Å². The zero-order chi connectivity index (χ0) is 6.53. The molecule has 0 saturated carbocycles. The van der Waals surface area contributed by atoms with E-state index >= 15 is 0 Å². The van der Waals surface area contributed by atoms with Crippen molar-refractivity contribution in [1.29, 1.82) is 0 Å². The van der Waals surface area contributed by atoms with Gasteiger partial charge in [-0.1, -0.05) is 6.08 Å². The van der Waals surface area contributed by atoms with Gasteiger partial charge in [-0.15, -0.1) is 0 Å². The van der Waals surface area contributed by atoms with Crippen LogP contribution in [0.15, 0.2) is 24.5 Å². The van der Waals surface area contributed by atoms with Crippen molar-refractivity contribution >= 4 is 5.78 Å². The number of carbonyl (C=O) groups excluding carboxylic acids is 1. The van der Waals surface area contributed by atoms with Gasteiger partial charge in [0.2, 0.25) is 0 Å². The lowest BCUT2D eigenvalue weighted by molar-refractivity contribution is -0.239. The lowest BCUT2D eigenvalue weighted by Crippen LogP contribution is -1.95. The molecule has 1 aliphatic heterocycles. The first-order valence-electron chi connectivity index (χ1n) is 2.55. The number of hydrogen-bond donors (Lipinski definition) is 0. The first-order chi connectivity index (χ1) is 4.39. The lowest BCUT2D eigenvalue weighted by atomic mass is 10.3. The number of ketones is 1. The molecule has 1 aliphatic rings. The maximum Gasteiger partial charge on any atom is 0.181 e. The fraction of sp³-hybridized carbons (Fsp3) is 0.167. The highest BCUT2D eigenvalue weighted by molar-refractivity contribution is 5.98. The molecule has 3 heteroatoms. The van der Waals surface area contributed by atoms with Crippen LogP contribution in [0.5, 0.6) is 0 Å². The van der Waals surface area contributed by atoms with Crippen LogP contribution in [0, 0.1) is 0 Å². The van der Waals surface area contributed by atoms with Crippen molar-refractivity contribution in [2.45, 2.75) is 0 Å². The Morgan fingerprint density at radius 2 is 2.33 bits per heavy atom. The summed E-state index contributed by atoms with van der Waals surface area (Å²) in [4.78, 5) is 19.4. The van der Waals surface area contributed by atoms with Gasteiger partial charge < -0.3 is 4.89 Å². The molecule has 0 unspecified atom stereocenters. The quantitative estimate of drug-likeness (QED) is 0.445. The Balaban J connectivity index is 2.55. The van der Waals surface area contributed by atoms with Gasteiger partial charge in [-0.05, 0) is 6.08 Å². The third-order valence-corrected chi connectivity index (χ3v) is 0.802. The molecular weight excluding hydrogens is 120 g/mol. The van der Waals surface area contributed by atoms with Crippen LogP contribution in [0.3, 0.4) is 0 Å². The Kier molecular flexibility index (Phi) is 2.04. The molecule has 0 saturated heterocycles. The average Bonchev–Trinajstić information content (AvgIpc) is 1.79. The number of rotatable bonds is 0. The molecule has 3 nitrogen and oxygen atoms in total. The second kappa shape index (κ2) is 3.04. The molecule has 0 aromatic rings. The Morgan fingerprint density at radius 1 is 1.44 bits per heavy atom. The first-order valence-corrected chi connectivity index (χ1v) is 2.55. The third kappa shape index (κ3) is 2.10. The predicted molar refractivity (Wildman–Crippen MR) is 30.3 cm³/mol. The molecule has 0 aliphatic carbocycles. The molecule has 0 N–H and O–H groups in total. The molecule has 0 amide bonds. The molecule has 0 bridgehead atoms. The zero-order valence-electron chi connectivity index (χ0n) is 4.74. The maximum atomic E-state index is 10.5. The van der Waals surface area contributed by atoms with Crippen LogP contribution >= 0.6 is 0 Å². The molecule has 1 rings (SSSR count). The Bertz CT molecular complexity index is 142. The van der Waals surface area contributed by atoms with Crippen LogP contribution in [0.25, 0.3) is 0 Å². The molecule has 0 aromatic heterocycles. The number of hydrogen-bond acceptors (Lipinski definition) is 3. The van der Waals surface area contributed by atoms with Gasteiger partial charge in [-0.25, -0.2) is 0 Å². The standard InChI is InChI=1S/C6H6O3/c7-6-2-1-4-8-9-5-3-6/h1-3,5H,4H2/b2-1-,5-3?. The fourth-order valence-electron chi connectivity index (χ4n) is 0.433. The van der Waals surface area contributed by atoms with E-state index in [1.165, 1.54) is 18.4 Å². The van der Waals surface area contributed by atoms with Crippen LogP contribution in [-0.4, -0.2) is 12.4 Å². The Hall–Kier alpha value is -1.09. The largest absolute Gasteiger partial charge is 0.345 e. The molecule has 0 radical (unpaired) electrons. The summed E-state index contributed by atoms with van der Waals surface area (Å²) in [5, 5.41) is 0. The summed E-state index contributed by atoms with van der Waals surface area (Å²) >= 11 is 0. The SMILES string of the molecule is O=C1C=COOC/C=C\1. The summed E-state index contributed by atoms with van der Waals surface area (Å²) in [6.07, 6.45) is 5.52. The smallest absolute Gasteiger partial charge is 0.181 e. The Labute approximate surface area is 52.5 Å². The fourth-order valence-corrected chi connectivity index (χ4v) is 0.433. The van der Waals surface area contributed by atoms with Gasteiger partial charge in [0.05, 0.1) is 0 Å². The van der Waals surface area contributed by atoms with Gasteiger partial charge in [0.1, 0.15) is 12.9 Å². The second-order valence-electron chi connectivity index (χ2n) is 1.49. The van der Waals surface area contributed by atoms with Gasteiger partial charge >= 0.3 is 0 Å². The normalized spacial score (nSPS) is 22.0. The van der Waals surface area contributed by atoms with Crippen molar-refractivity contribution in [2.75, 3.05) is 6.61 Å². The van der Waals surface area contributed by atoms with E-state index in [0.29, 0.717) is 6.61 Å². The predicted octanol–water partition coefficient (Wildman–Crippen LogP) is 0.587. The third-order valence-electron chi connectivity index (χ3n) is 0.802. The maximum absolute atomic E-state index is 10.5.